The van der Waals surface area contributed by atoms with Crippen molar-refractivity contribution in [3.05, 3.63) is 0 Å². The van der Waals surface area contributed by atoms with Crippen molar-refractivity contribution < 1.29 is 9.50 Å². The first-order chi connectivity index (χ1) is 7.22. The minimum atomic E-state index is -1.33. The molecule has 3 nitrogen and oxygen atoms in total. The van der Waals surface area contributed by atoms with Crippen LogP contribution in [0.5, 0.6) is 0 Å². The molecule has 2 N–H and O–H groups in total. The number of aliphatic hydroxyl groups excluding tert-OH is 1. The molecule has 2 fully saturated rings. The summed E-state index contributed by atoms with van der Waals surface area (Å²) in [5.41, 5.74) is -1.33. The molecular formula is C11H22ClFN2O. The van der Waals surface area contributed by atoms with Crippen molar-refractivity contribution in [2.24, 2.45) is 5.92 Å². The molecule has 0 bridgehead atoms. The van der Waals surface area contributed by atoms with Crippen LogP contribution < -0.4 is 5.32 Å². The molecule has 0 saturated carbocycles. The van der Waals surface area contributed by atoms with Crippen molar-refractivity contribution in [2.45, 2.75) is 24.9 Å². The van der Waals surface area contributed by atoms with Gasteiger partial charge in [0.2, 0.25) is 0 Å². The number of alkyl halides is 1. The highest BCUT2D eigenvalue weighted by Crippen LogP contribution is 2.26. The maximum Gasteiger partial charge on any atom is 0.147 e. The second-order valence-electron chi connectivity index (χ2n) is 5.01. The zero-order valence-electron chi connectivity index (χ0n) is 9.62. The predicted octanol–water partition coefficient (Wildman–Crippen LogP) is 0.814. The van der Waals surface area contributed by atoms with E-state index < -0.39 is 5.67 Å². The number of nitrogens with zero attached hydrogens (tertiary/aromatic N) is 1. The molecular weight excluding hydrogens is 231 g/mol. The molecule has 0 aromatic carbocycles. The number of piperidine rings is 1. The van der Waals surface area contributed by atoms with E-state index in [-0.39, 0.29) is 19.0 Å². The number of aliphatic hydroxyl groups is 1. The van der Waals surface area contributed by atoms with E-state index in [0.29, 0.717) is 18.9 Å². The van der Waals surface area contributed by atoms with Crippen LogP contribution in [0.2, 0.25) is 0 Å². The Balaban J connectivity index is 0.00000128. The van der Waals surface area contributed by atoms with Crippen LogP contribution in [0.4, 0.5) is 4.39 Å². The van der Waals surface area contributed by atoms with E-state index in [9.17, 15) is 4.39 Å². The summed E-state index contributed by atoms with van der Waals surface area (Å²) in [4.78, 5) is 2.16. The third-order valence-corrected chi connectivity index (χ3v) is 3.58. The summed E-state index contributed by atoms with van der Waals surface area (Å²) in [6.45, 7) is 4.06. The summed E-state index contributed by atoms with van der Waals surface area (Å²) in [5, 5.41) is 12.3. The van der Waals surface area contributed by atoms with Crippen LogP contribution in [0.15, 0.2) is 0 Å². The van der Waals surface area contributed by atoms with Gasteiger partial charge in [-0.15, -0.1) is 12.4 Å². The smallest absolute Gasteiger partial charge is 0.147 e. The summed E-state index contributed by atoms with van der Waals surface area (Å²) in [6, 6.07) is 0. The molecule has 0 aromatic rings. The first-order valence-electron chi connectivity index (χ1n) is 5.95. The van der Waals surface area contributed by atoms with Gasteiger partial charge in [0.1, 0.15) is 5.67 Å². The highest BCUT2D eigenvalue weighted by Gasteiger charge is 2.38. The lowest BCUT2D eigenvalue weighted by molar-refractivity contribution is 0.0750. The largest absolute Gasteiger partial charge is 0.393 e. The van der Waals surface area contributed by atoms with Crippen molar-refractivity contribution >= 4 is 12.4 Å². The van der Waals surface area contributed by atoms with Gasteiger partial charge in [-0.2, -0.15) is 0 Å². The van der Waals surface area contributed by atoms with Crippen LogP contribution in [-0.4, -0.2) is 55.0 Å². The minimum Gasteiger partial charge on any atom is -0.393 e. The molecule has 2 atom stereocenters. The second kappa shape index (κ2) is 6.15. The van der Waals surface area contributed by atoms with Crippen molar-refractivity contribution in [1.82, 2.24) is 10.2 Å². The van der Waals surface area contributed by atoms with Gasteiger partial charge in [-0.1, -0.05) is 0 Å². The summed E-state index contributed by atoms with van der Waals surface area (Å²) in [6.07, 6.45) is 2.98. The third-order valence-electron chi connectivity index (χ3n) is 3.58. The normalized spacial score (nSPS) is 36.0. The van der Waals surface area contributed by atoms with Gasteiger partial charge in [0, 0.05) is 19.6 Å². The van der Waals surface area contributed by atoms with Gasteiger partial charge >= 0.3 is 0 Å². The molecule has 0 aromatic heterocycles. The van der Waals surface area contributed by atoms with E-state index in [4.69, 9.17) is 5.11 Å². The molecule has 0 aliphatic carbocycles. The molecule has 2 rings (SSSR count). The maximum absolute atomic E-state index is 13.7. The monoisotopic (exact) mass is 252 g/mol. The van der Waals surface area contributed by atoms with Gasteiger partial charge < -0.3 is 10.4 Å². The topological polar surface area (TPSA) is 35.5 Å². The predicted molar refractivity (Wildman–Crippen MR) is 64.8 cm³/mol. The summed E-state index contributed by atoms with van der Waals surface area (Å²) in [5.74, 6) is 0.666. The summed E-state index contributed by atoms with van der Waals surface area (Å²) >= 11 is 0. The van der Waals surface area contributed by atoms with Gasteiger partial charge in [-0.3, -0.25) is 4.90 Å². The number of hydrogen-bond donors (Lipinski definition) is 2. The van der Waals surface area contributed by atoms with Crippen molar-refractivity contribution in [3.8, 4) is 0 Å². The lowest BCUT2D eigenvalue weighted by Crippen LogP contribution is -2.39. The zero-order valence-corrected chi connectivity index (χ0v) is 10.4. The minimum absolute atomic E-state index is 0. The Morgan fingerprint density at radius 2 is 2.31 bits per heavy atom. The fourth-order valence-electron chi connectivity index (χ4n) is 2.65. The molecule has 5 heteroatoms. The quantitative estimate of drug-likeness (QED) is 0.781. The van der Waals surface area contributed by atoms with Gasteiger partial charge in [0.15, 0.2) is 0 Å². The van der Waals surface area contributed by atoms with Crippen LogP contribution >= 0.6 is 12.4 Å². The number of hydrogen-bond acceptors (Lipinski definition) is 3. The van der Waals surface area contributed by atoms with Crippen molar-refractivity contribution in [3.63, 3.8) is 0 Å². The Kier molecular flexibility index (Phi) is 5.44. The Labute approximate surface area is 103 Å². The lowest BCUT2D eigenvalue weighted by Gasteiger charge is -2.27. The maximum atomic E-state index is 13.7. The van der Waals surface area contributed by atoms with E-state index in [1.807, 2.05) is 0 Å². The van der Waals surface area contributed by atoms with E-state index >= 15 is 0 Å². The van der Waals surface area contributed by atoms with Crippen LogP contribution in [0.3, 0.4) is 0 Å². The number of nitrogens with one attached hydrogen (secondary N) is 1. The van der Waals surface area contributed by atoms with Crippen LogP contribution in [-0.2, 0) is 0 Å². The van der Waals surface area contributed by atoms with Gasteiger partial charge in [-0.25, -0.2) is 4.39 Å². The Morgan fingerprint density at radius 1 is 1.50 bits per heavy atom. The Bertz CT molecular complexity index is 214. The second-order valence-corrected chi connectivity index (χ2v) is 5.01. The first kappa shape index (κ1) is 14.2. The number of rotatable bonds is 3. The Morgan fingerprint density at radius 3 is 2.88 bits per heavy atom. The number of halogens is 2. The van der Waals surface area contributed by atoms with Gasteiger partial charge in [0.25, 0.3) is 0 Å². The number of likely N-dealkylation sites (tertiary alicyclic amines) is 1. The van der Waals surface area contributed by atoms with E-state index in [0.717, 1.165) is 26.2 Å². The average Bonchev–Trinajstić information content (AvgIpc) is 2.63. The molecule has 2 heterocycles. The van der Waals surface area contributed by atoms with E-state index in [2.05, 4.69) is 10.2 Å². The first-order valence-corrected chi connectivity index (χ1v) is 5.95. The molecule has 0 spiro atoms. The SMILES string of the molecule is Cl.OCC1(F)CCN(CC2CCCNC2)C1. The molecule has 2 aliphatic heterocycles. The van der Waals surface area contributed by atoms with Crippen molar-refractivity contribution in [1.29, 1.82) is 0 Å². The van der Waals surface area contributed by atoms with Gasteiger partial charge in [0.05, 0.1) is 6.61 Å². The van der Waals surface area contributed by atoms with E-state index in [1.54, 1.807) is 0 Å². The Hall–Kier alpha value is 0.1000. The third kappa shape index (κ3) is 3.55. The zero-order chi connectivity index (χ0) is 10.7. The van der Waals surface area contributed by atoms with Crippen LogP contribution in [0.25, 0.3) is 0 Å². The molecule has 0 radical (unpaired) electrons. The highest BCUT2D eigenvalue weighted by molar-refractivity contribution is 5.85. The molecule has 0 amide bonds. The molecule has 2 aliphatic rings. The lowest BCUT2D eigenvalue weighted by atomic mass is 9.99. The summed E-state index contributed by atoms with van der Waals surface area (Å²) < 4.78 is 13.7. The van der Waals surface area contributed by atoms with Gasteiger partial charge in [-0.05, 0) is 38.3 Å². The fraction of sp³-hybridized carbons (Fsp3) is 1.00. The molecule has 16 heavy (non-hydrogen) atoms. The molecule has 96 valence electrons. The van der Waals surface area contributed by atoms with Crippen LogP contribution in [0.1, 0.15) is 19.3 Å². The molecule has 2 unspecified atom stereocenters. The summed E-state index contributed by atoms with van der Waals surface area (Å²) in [7, 11) is 0. The average molecular weight is 253 g/mol. The van der Waals surface area contributed by atoms with Crippen LogP contribution in [0, 0.1) is 5.92 Å². The fourth-order valence-corrected chi connectivity index (χ4v) is 2.65. The standard InChI is InChI=1S/C11H21FN2O.ClH/c12-11(9-15)3-5-14(8-11)7-10-2-1-4-13-6-10;/h10,13,15H,1-9H2;1H. The molecule has 2 saturated heterocycles. The van der Waals surface area contributed by atoms with E-state index in [1.165, 1.54) is 12.8 Å². The highest BCUT2D eigenvalue weighted by atomic mass is 35.5. The van der Waals surface area contributed by atoms with Crippen molar-refractivity contribution in [2.75, 3.05) is 39.3 Å².